The van der Waals surface area contributed by atoms with E-state index in [1.165, 1.54) is 11.3 Å². The summed E-state index contributed by atoms with van der Waals surface area (Å²) >= 11 is 1.41. The Balaban J connectivity index is 2.50. The van der Waals surface area contributed by atoms with E-state index in [1.54, 1.807) is 6.20 Å². The van der Waals surface area contributed by atoms with Crippen LogP contribution in [0, 0.1) is 6.92 Å². The molecule has 0 atom stereocenters. The lowest BCUT2D eigenvalue weighted by Gasteiger charge is -1.87. The molecule has 0 aromatic carbocycles. The number of anilines is 1. The van der Waals surface area contributed by atoms with Crippen LogP contribution in [0.25, 0.3) is 11.3 Å². The molecule has 62 valence electrons. The summed E-state index contributed by atoms with van der Waals surface area (Å²) in [6.07, 6.45) is 1.64. The Kier molecular flexibility index (Phi) is 1.58. The van der Waals surface area contributed by atoms with Crippen molar-refractivity contribution in [1.29, 1.82) is 0 Å². The average Bonchev–Trinajstić information content (AvgIpc) is 2.58. The first-order chi connectivity index (χ1) is 5.77. The summed E-state index contributed by atoms with van der Waals surface area (Å²) < 4.78 is 4.90. The van der Waals surface area contributed by atoms with Crippen LogP contribution in [0.5, 0.6) is 0 Å². The van der Waals surface area contributed by atoms with Gasteiger partial charge in [-0.25, -0.2) is 4.98 Å². The summed E-state index contributed by atoms with van der Waals surface area (Å²) in [5.41, 5.74) is 7.23. The number of aromatic nitrogens is 2. The number of nitrogen functional groups attached to an aromatic ring is 1. The zero-order valence-electron chi connectivity index (χ0n) is 6.44. The molecule has 2 aromatic heterocycles. The molecule has 0 radical (unpaired) electrons. The van der Waals surface area contributed by atoms with Crippen LogP contribution in [0.15, 0.2) is 16.1 Å². The third-order valence-electron chi connectivity index (χ3n) is 1.55. The third-order valence-corrected chi connectivity index (χ3v) is 2.22. The first-order valence-electron chi connectivity index (χ1n) is 3.40. The molecule has 0 saturated heterocycles. The zero-order valence-corrected chi connectivity index (χ0v) is 7.26. The Morgan fingerprint density at radius 2 is 2.42 bits per heavy atom. The highest BCUT2D eigenvalue weighted by atomic mass is 32.1. The van der Waals surface area contributed by atoms with Crippen LogP contribution in [-0.2, 0) is 0 Å². The third kappa shape index (κ3) is 1.08. The SMILES string of the molecule is Cc1oncc1-c1csc(N)n1. The van der Waals surface area contributed by atoms with Gasteiger partial charge in [-0.2, -0.15) is 0 Å². The van der Waals surface area contributed by atoms with E-state index < -0.39 is 0 Å². The maximum Gasteiger partial charge on any atom is 0.180 e. The first kappa shape index (κ1) is 7.30. The summed E-state index contributed by atoms with van der Waals surface area (Å²) in [6, 6.07) is 0. The minimum absolute atomic E-state index is 0.561. The van der Waals surface area contributed by atoms with Crippen LogP contribution < -0.4 is 5.73 Å². The monoisotopic (exact) mass is 181 g/mol. The Labute approximate surface area is 73.0 Å². The number of hydrogen-bond acceptors (Lipinski definition) is 5. The quantitative estimate of drug-likeness (QED) is 0.727. The fourth-order valence-corrected chi connectivity index (χ4v) is 1.52. The van der Waals surface area contributed by atoms with Crippen molar-refractivity contribution in [2.75, 3.05) is 5.73 Å². The van der Waals surface area contributed by atoms with Crippen molar-refractivity contribution in [3.8, 4) is 11.3 Å². The normalized spacial score (nSPS) is 10.4. The van der Waals surface area contributed by atoms with Gasteiger partial charge in [-0.1, -0.05) is 5.16 Å². The molecule has 12 heavy (non-hydrogen) atoms. The Bertz CT molecular complexity index is 393. The predicted molar refractivity (Wildman–Crippen MR) is 46.8 cm³/mol. The molecule has 2 aromatic rings. The molecule has 0 amide bonds. The summed E-state index contributed by atoms with van der Waals surface area (Å²) in [7, 11) is 0. The molecule has 0 fully saturated rings. The van der Waals surface area contributed by atoms with E-state index >= 15 is 0 Å². The van der Waals surface area contributed by atoms with E-state index in [0.29, 0.717) is 5.13 Å². The van der Waals surface area contributed by atoms with Crippen molar-refractivity contribution in [2.24, 2.45) is 0 Å². The number of aryl methyl sites for hydroxylation is 1. The summed E-state index contributed by atoms with van der Waals surface area (Å²) in [4.78, 5) is 4.11. The lowest BCUT2D eigenvalue weighted by molar-refractivity contribution is 0.398. The van der Waals surface area contributed by atoms with E-state index in [0.717, 1.165) is 17.0 Å². The highest BCUT2D eigenvalue weighted by molar-refractivity contribution is 7.13. The Morgan fingerprint density at radius 3 is 2.92 bits per heavy atom. The van der Waals surface area contributed by atoms with E-state index in [2.05, 4.69) is 10.1 Å². The van der Waals surface area contributed by atoms with Gasteiger partial charge in [0.15, 0.2) is 5.13 Å². The number of rotatable bonds is 1. The Hall–Kier alpha value is -1.36. The minimum atomic E-state index is 0.561. The van der Waals surface area contributed by atoms with Gasteiger partial charge in [0.2, 0.25) is 0 Å². The molecule has 2 heterocycles. The lowest BCUT2D eigenvalue weighted by atomic mass is 10.2. The highest BCUT2D eigenvalue weighted by Crippen LogP contribution is 2.25. The molecule has 0 aliphatic heterocycles. The van der Waals surface area contributed by atoms with Gasteiger partial charge in [0.05, 0.1) is 17.5 Å². The van der Waals surface area contributed by atoms with Crippen LogP contribution in [0.3, 0.4) is 0 Å². The van der Waals surface area contributed by atoms with Crippen molar-refractivity contribution < 1.29 is 4.52 Å². The smallest absolute Gasteiger partial charge is 0.180 e. The molecule has 2 N–H and O–H groups in total. The van der Waals surface area contributed by atoms with Gasteiger partial charge in [0, 0.05) is 5.38 Å². The summed E-state index contributed by atoms with van der Waals surface area (Å²) in [5, 5.41) is 6.10. The first-order valence-corrected chi connectivity index (χ1v) is 4.28. The second-order valence-electron chi connectivity index (χ2n) is 2.37. The van der Waals surface area contributed by atoms with Gasteiger partial charge in [0.25, 0.3) is 0 Å². The van der Waals surface area contributed by atoms with E-state index in [9.17, 15) is 0 Å². The molecule has 0 aliphatic rings. The second-order valence-corrected chi connectivity index (χ2v) is 3.26. The molecule has 0 saturated carbocycles. The highest BCUT2D eigenvalue weighted by Gasteiger charge is 2.08. The molecule has 0 unspecified atom stereocenters. The minimum Gasteiger partial charge on any atom is -0.375 e. The van der Waals surface area contributed by atoms with Gasteiger partial charge in [0.1, 0.15) is 5.76 Å². The maximum absolute atomic E-state index is 5.49. The molecular formula is C7H7N3OS. The zero-order chi connectivity index (χ0) is 8.55. The molecule has 0 spiro atoms. The molecule has 2 rings (SSSR count). The van der Waals surface area contributed by atoms with Crippen LogP contribution >= 0.6 is 11.3 Å². The van der Waals surface area contributed by atoms with Gasteiger partial charge in [-0.05, 0) is 6.92 Å². The van der Waals surface area contributed by atoms with Gasteiger partial charge < -0.3 is 10.3 Å². The van der Waals surface area contributed by atoms with Crippen molar-refractivity contribution in [2.45, 2.75) is 6.92 Å². The fraction of sp³-hybridized carbons (Fsp3) is 0.143. The predicted octanol–water partition coefficient (Wildman–Crippen LogP) is 1.69. The lowest BCUT2D eigenvalue weighted by Crippen LogP contribution is -1.82. The van der Waals surface area contributed by atoms with Crippen molar-refractivity contribution in [3.05, 3.63) is 17.3 Å². The van der Waals surface area contributed by atoms with Gasteiger partial charge in [-0.3, -0.25) is 0 Å². The average molecular weight is 181 g/mol. The van der Waals surface area contributed by atoms with Crippen molar-refractivity contribution in [3.63, 3.8) is 0 Å². The standard InChI is InChI=1S/C7H7N3OS/c1-4-5(2-9-11-4)6-3-12-7(8)10-6/h2-3H,1H3,(H2,8,10). The maximum atomic E-state index is 5.49. The topological polar surface area (TPSA) is 64.9 Å². The number of hydrogen-bond donors (Lipinski definition) is 1. The Morgan fingerprint density at radius 1 is 1.58 bits per heavy atom. The molecular weight excluding hydrogens is 174 g/mol. The van der Waals surface area contributed by atoms with Crippen LogP contribution in [0.4, 0.5) is 5.13 Å². The number of nitrogens with zero attached hydrogens (tertiary/aromatic N) is 2. The van der Waals surface area contributed by atoms with Crippen molar-refractivity contribution >= 4 is 16.5 Å². The second kappa shape index (κ2) is 2.60. The molecule has 5 heteroatoms. The molecule has 4 nitrogen and oxygen atoms in total. The summed E-state index contributed by atoms with van der Waals surface area (Å²) in [6.45, 7) is 1.85. The molecule has 0 bridgehead atoms. The van der Waals surface area contributed by atoms with Crippen LogP contribution in [0.2, 0.25) is 0 Å². The van der Waals surface area contributed by atoms with Gasteiger partial charge in [-0.15, -0.1) is 11.3 Å². The van der Waals surface area contributed by atoms with Crippen LogP contribution in [0.1, 0.15) is 5.76 Å². The number of thiazole rings is 1. The summed E-state index contributed by atoms with van der Waals surface area (Å²) in [5.74, 6) is 0.764. The number of nitrogens with two attached hydrogens (primary N) is 1. The van der Waals surface area contributed by atoms with Crippen molar-refractivity contribution in [1.82, 2.24) is 10.1 Å². The van der Waals surface area contributed by atoms with E-state index in [1.807, 2.05) is 12.3 Å². The van der Waals surface area contributed by atoms with E-state index in [-0.39, 0.29) is 0 Å². The van der Waals surface area contributed by atoms with Crippen LogP contribution in [-0.4, -0.2) is 10.1 Å². The fourth-order valence-electron chi connectivity index (χ4n) is 0.956. The largest absolute Gasteiger partial charge is 0.375 e. The van der Waals surface area contributed by atoms with E-state index in [4.69, 9.17) is 10.3 Å². The molecule has 0 aliphatic carbocycles. The van der Waals surface area contributed by atoms with Gasteiger partial charge >= 0.3 is 0 Å².